The van der Waals surface area contributed by atoms with Crippen molar-refractivity contribution in [3.63, 3.8) is 0 Å². The topological polar surface area (TPSA) is 21.8 Å². The second-order valence-corrected chi connectivity index (χ2v) is 3.10. The van der Waals surface area contributed by atoms with Gasteiger partial charge >= 0.3 is 0 Å². The van der Waals surface area contributed by atoms with Crippen molar-refractivity contribution in [3.8, 4) is 0 Å². The van der Waals surface area contributed by atoms with Gasteiger partial charge in [0.15, 0.2) is 0 Å². The summed E-state index contributed by atoms with van der Waals surface area (Å²) in [5, 5.41) is 0. The van der Waals surface area contributed by atoms with Crippen molar-refractivity contribution >= 4 is 0 Å². The predicted octanol–water partition coefficient (Wildman–Crippen LogP) is 1.74. The minimum Gasteiger partial charge on any atom is -0.374 e. The lowest BCUT2D eigenvalue weighted by Gasteiger charge is -2.01. The van der Waals surface area contributed by atoms with Crippen molar-refractivity contribution in [1.29, 1.82) is 0 Å². The predicted molar refractivity (Wildman–Crippen MR) is 45.8 cm³/mol. The molecule has 0 saturated carbocycles. The van der Waals surface area contributed by atoms with Crippen molar-refractivity contribution in [2.75, 3.05) is 13.2 Å². The Morgan fingerprint density at radius 1 is 1.38 bits per heavy atom. The molecule has 0 aliphatic carbocycles. The molecule has 1 aliphatic heterocycles. The molecule has 0 aromatic heterocycles. The Bertz CT molecular complexity index is 267. The van der Waals surface area contributed by atoms with E-state index >= 15 is 0 Å². The highest BCUT2D eigenvalue weighted by Crippen LogP contribution is 2.10. The third kappa shape index (κ3) is 2.79. The summed E-state index contributed by atoms with van der Waals surface area (Å²) in [6, 6.07) is 6.32. The van der Waals surface area contributed by atoms with Crippen molar-refractivity contribution in [2.24, 2.45) is 0 Å². The summed E-state index contributed by atoms with van der Waals surface area (Å²) in [6.45, 7) is 1.97. The Balaban J connectivity index is 1.76. The van der Waals surface area contributed by atoms with E-state index in [2.05, 4.69) is 0 Å². The Morgan fingerprint density at radius 3 is 2.69 bits per heavy atom. The number of epoxide rings is 1. The molecule has 0 bridgehead atoms. The van der Waals surface area contributed by atoms with Gasteiger partial charge in [0.2, 0.25) is 0 Å². The van der Waals surface area contributed by atoms with Crippen LogP contribution in [0.15, 0.2) is 24.3 Å². The quantitative estimate of drug-likeness (QED) is 0.661. The number of ether oxygens (including phenoxy) is 2. The highest BCUT2D eigenvalue weighted by atomic mass is 19.1. The van der Waals surface area contributed by atoms with Crippen LogP contribution in [0.1, 0.15) is 5.56 Å². The average molecular weight is 182 g/mol. The number of benzene rings is 1. The smallest absolute Gasteiger partial charge is 0.123 e. The molecular weight excluding hydrogens is 171 g/mol. The van der Waals surface area contributed by atoms with Crippen LogP contribution in [0.3, 0.4) is 0 Å². The molecule has 70 valence electrons. The molecule has 1 aromatic rings. The minimum atomic E-state index is -0.214. The Labute approximate surface area is 76.3 Å². The maximum absolute atomic E-state index is 12.5. The monoisotopic (exact) mass is 182 g/mol. The van der Waals surface area contributed by atoms with Gasteiger partial charge in [-0.3, -0.25) is 0 Å². The molecule has 2 rings (SSSR count). The maximum atomic E-state index is 12.5. The molecule has 1 atom stereocenters. The van der Waals surface area contributed by atoms with Crippen molar-refractivity contribution in [2.45, 2.75) is 12.7 Å². The fraction of sp³-hybridized carbons (Fsp3) is 0.400. The molecule has 0 amide bonds. The summed E-state index contributed by atoms with van der Waals surface area (Å²) >= 11 is 0. The molecule has 13 heavy (non-hydrogen) atoms. The number of rotatable bonds is 4. The molecule has 1 saturated heterocycles. The lowest BCUT2D eigenvalue weighted by molar-refractivity contribution is 0.104. The molecule has 1 aromatic carbocycles. The Morgan fingerprint density at radius 2 is 2.08 bits per heavy atom. The minimum absolute atomic E-state index is 0.214. The van der Waals surface area contributed by atoms with Gasteiger partial charge in [-0.15, -0.1) is 0 Å². The van der Waals surface area contributed by atoms with Crippen molar-refractivity contribution < 1.29 is 13.9 Å². The lowest BCUT2D eigenvalue weighted by Crippen LogP contribution is -2.01. The molecule has 1 heterocycles. The van der Waals surface area contributed by atoms with Gasteiger partial charge in [0.1, 0.15) is 11.9 Å². The molecule has 0 N–H and O–H groups in total. The summed E-state index contributed by atoms with van der Waals surface area (Å²) in [6.07, 6.45) is 0.292. The Kier molecular flexibility index (Phi) is 2.57. The molecule has 3 heteroatoms. The molecule has 0 radical (unpaired) electrons. The van der Waals surface area contributed by atoms with Crippen LogP contribution < -0.4 is 0 Å². The number of hydrogen-bond acceptors (Lipinski definition) is 2. The van der Waals surface area contributed by atoms with E-state index in [-0.39, 0.29) is 5.82 Å². The number of hydrogen-bond donors (Lipinski definition) is 0. The zero-order valence-electron chi connectivity index (χ0n) is 7.20. The van der Waals surface area contributed by atoms with E-state index in [0.29, 0.717) is 19.3 Å². The Hall–Kier alpha value is -0.930. The highest BCUT2D eigenvalue weighted by Gasteiger charge is 2.22. The van der Waals surface area contributed by atoms with Gasteiger partial charge in [0, 0.05) is 0 Å². The van der Waals surface area contributed by atoms with Crippen LogP contribution >= 0.6 is 0 Å². The summed E-state index contributed by atoms with van der Waals surface area (Å²) < 4.78 is 22.8. The first-order valence-electron chi connectivity index (χ1n) is 4.28. The van der Waals surface area contributed by atoms with Crippen LogP contribution in [0.5, 0.6) is 0 Å². The first kappa shape index (κ1) is 8.66. The third-order valence-electron chi connectivity index (χ3n) is 1.89. The van der Waals surface area contributed by atoms with Crippen molar-refractivity contribution in [3.05, 3.63) is 35.6 Å². The van der Waals surface area contributed by atoms with Gasteiger partial charge in [-0.1, -0.05) is 12.1 Å². The zero-order valence-corrected chi connectivity index (χ0v) is 7.20. The van der Waals surface area contributed by atoms with Crippen LogP contribution in [0.2, 0.25) is 0 Å². The SMILES string of the molecule is Fc1ccc(COC[C@H]2CO2)cc1. The normalized spacial score (nSPS) is 20.2. The molecular formula is C10H11FO2. The van der Waals surface area contributed by atoms with E-state index in [1.807, 2.05) is 0 Å². The van der Waals surface area contributed by atoms with E-state index in [0.717, 1.165) is 12.2 Å². The standard InChI is InChI=1S/C10H11FO2/c11-9-3-1-8(2-4-9)5-12-6-10-7-13-10/h1-4,10H,5-7H2/t10-/m0/s1. The van der Waals surface area contributed by atoms with Crippen molar-refractivity contribution in [1.82, 2.24) is 0 Å². The lowest BCUT2D eigenvalue weighted by atomic mass is 10.2. The molecule has 1 aliphatic rings. The molecule has 0 spiro atoms. The zero-order chi connectivity index (χ0) is 9.10. The fourth-order valence-electron chi connectivity index (χ4n) is 1.05. The highest BCUT2D eigenvalue weighted by molar-refractivity contribution is 5.14. The number of halogens is 1. The maximum Gasteiger partial charge on any atom is 0.123 e. The van der Waals surface area contributed by atoms with Gasteiger partial charge in [0.25, 0.3) is 0 Å². The van der Waals surface area contributed by atoms with Crippen LogP contribution in [-0.4, -0.2) is 19.3 Å². The van der Waals surface area contributed by atoms with Gasteiger partial charge < -0.3 is 9.47 Å². The molecule has 1 fully saturated rings. The summed E-state index contributed by atoms with van der Waals surface area (Å²) in [5.41, 5.74) is 0.988. The van der Waals surface area contributed by atoms with E-state index in [9.17, 15) is 4.39 Å². The van der Waals surface area contributed by atoms with Crippen LogP contribution in [-0.2, 0) is 16.1 Å². The fourth-order valence-corrected chi connectivity index (χ4v) is 1.05. The summed E-state index contributed by atoms with van der Waals surface area (Å²) in [4.78, 5) is 0. The van der Waals surface area contributed by atoms with Gasteiger partial charge in [-0.05, 0) is 17.7 Å². The molecule has 0 unspecified atom stereocenters. The second kappa shape index (κ2) is 3.85. The van der Waals surface area contributed by atoms with E-state index in [1.54, 1.807) is 12.1 Å². The molecule has 2 nitrogen and oxygen atoms in total. The van der Waals surface area contributed by atoms with Crippen LogP contribution in [0.4, 0.5) is 4.39 Å². The van der Waals surface area contributed by atoms with Gasteiger partial charge in [-0.2, -0.15) is 0 Å². The second-order valence-electron chi connectivity index (χ2n) is 3.10. The van der Waals surface area contributed by atoms with E-state index < -0.39 is 0 Å². The van der Waals surface area contributed by atoms with Crippen LogP contribution in [0.25, 0.3) is 0 Å². The first-order chi connectivity index (χ1) is 6.34. The first-order valence-corrected chi connectivity index (χ1v) is 4.28. The van der Waals surface area contributed by atoms with E-state index in [4.69, 9.17) is 9.47 Å². The summed E-state index contributed by atoms with van der Waals surface area (Å²) in [5.74, 6) is -0.214. The van der Waals surface area contributed by atoms with Gasteiger partial charge in [-0.25, -0.2) is 4.39 Å². The van der Waals surface area contributed by atoms with E-state index in [1.165, 1.54) is 12.1 Å². The van der Waals surface area contributed by atoms with Crippen LogP contribution in [0, 0.1) is 5.82 Å². The largest absolute Gasteiger partial charge is 0.374 e. The van der Waals surface area contributed by atoms with Gasteiger partial charge in [0.05, 0.1) is 19.8 Å². The summed E-state index contributed by atoms with van der Waals surface area (Å²) in [7, 11) is 0. The average Bonchev–Trinajstić information content (AvgIpc) is 2.92. The third-order valence-corrected chi connectivity index (χ3v) is 1.89.